The second kappa shape index (κ2) is 6.91. The number of amides is 1. The number of fused-ring (bicyclic) bond motifs is 1. The normalized spacial score (nSPS) is 22.9. The minimum Gasteiger partial charge on any atom is -0.496 e. The minimum atomic E-state index is -0.212. The van der Waals surface area contributed by atoms with Crippen LogP contribution < -0.4 is 20.3 Å². The van der Waals surface area contributed by atoms with E-state index in [2.05, 4.69) is 55.4 Å². The number of hydrogen-bond donors (Lipinski definition) is 2. The van der Waals surface area contributed by atoms with Crippen LogP contribution in [0.4, 0.5) is 5.69 Å². The Labute approximate surface area is 160 Å². The Morgan fingerprint density at radius 1 is 1.38 bits per heavy atom. The maximum atomic E-state index is 12.0. The molecule has 0 saturated carbocycles. The van der Waals surface area contributed by atoms with Crippen LogP contribution in [0.15, 0.2) is 17.8 Å². The van der Waals surface area contributed by atoms with E-state index in [0.717, 1.165) is 30.7 Å². The van der Waals surface area contributed by atoms with Gasteiger partial charge >= 0.3 is 0 Å². The van der Waals surface area contributed by atoms with Crippen LogP contribution in [0.3, 0.4) is 0 Å². The second-order valence-electron chi connectivity index (χ2n) is 7.69. The average Bonchev–Trinajstić information content (AvgIpc) is 2.88. The Kier molecular flexibility index (Phi) is 4.97. The van der Waals surface area contributed by atoms with Crippen molar-refractivity contribution in [1.29, 1.82) is 0 Å². The van der Waals surface area contributed by atoms with E-state index in [1.54, 1.807) is 7.11 Å². The molecule has 3 rings (SSSR count). The number of nitrogens with zero attached hydrogens (tertiary/aromatic N) is 1. The zero-order chi connectivity index (χ0) is 19.1. The molecule has 0 aliphatic carbocycles. The molecule has 1 aromatic rings. The van der Waals surface area contributed by atoms with Crippen LogP contribution in [0, 0.1) is 0 Å². The van der Waals surface area contributed by atoms with Gasteiger partial charge in [-0.1, -0.05) is 13.8 Å². The van der Waals surface area contributed by atoms with Gasteiger partial charge in [-0.15, -0.1) is 0 Å². The van der Waals surface area contributed by atoms with E-state index in [4.69, 9.17) is 17.0 Å². The lowest BCUT2D eigenvalue weighted by Crippen LogP contribution is -2.48. The first kappa shape index (κ1) is 18.7. The minimum absolute atomic E-state index is 0.104. The van der Waals surface area contributed by atoms with Crippen LogP contribution in [0.1, 0.15) is 57.6 Å². The molecular formula is C20H27N3O2S. The first-order valence-electron chi connectivity index (χ1n) is 9.10. The van der Waals surface area contributed by atoms with Crippen LogP contribution in [0.2, 0.25) is 0 Å². The number of thiocarbonyl (C=S) groups is 1. The van der Waals surface area contributed by atoms with Crippen molar-refractivity contribution >= 4 is 35.0 Å². The van der Waals surface area contributed by atoms with Gasteiger partial charge in [-0.3, -0.25) is 10.1 Å². The third-order valence-corrected chi connectivity index (χ3v) is 5.41. The molecule has 1 amide bonds. The summed E-state index contributed by atoms with van der Waals surface area (Å²) in [6.45, 7) is 10.1. The summed E-state index contributed by atoms with van der Waals surface area (Å²) in [4.78, 5) is 14.5. The fourth-order valence-electron chi connectivity index (χ4n) is 4.10. The van der Waals surface area contributed by atoms with Gasteiger partial charge in [0.25, 0.3) is 5.91 Å². The van der Waals surface area contributed by atoms with Gasteiger partial charge in [0.1, 0.15) is 11.4 Å². The molecule has 1 aromatic carbocycles. The van der Waals surface area contributed by atoms with Gasteiger partial charge in [-0.05, 0) is 62.5 Å². The highest BCUT2D eigenvalue weighted by atomic mass is 32.1. The summed E-state index contributed by atoms with van der Waals surface area (Å²) in [6, 6.07) is 4.26. The summed E-state index contributed by atoms with van der Waals surface area (Å²) in [7, 11) is 1.66. The van der Waals surface area contributed by atoms with Crippen molar-refractivity contribution in [3.8, 4) is 5.75 Å². The first-order valence-corrected chi connectivity index (χ1v) is 9.51. The largest absolute Gasteiger partial charge is 0.496 e. The lowest BCUT2D eigenvalue weighted by Gasteiger charge is -2.47. The van der Waals surface area contributed by atoms with Gasteiger partial charge in [-0.2, -0.15) is 0 Å². The van der Waals surface area contributed by atoms with E-state index >= 15 is 0 Å². The number of carbonyl (C=O) groups excluding carboxylic acids is 1. The van der Waals surface area contributed by atoms with Gasteiger partial charge in [0.05, 0.1) is 7.11 Å². The topological polar surface area (TPSA) is 53.6 Å². The predicted octanol–water partition coefficient (Wildman–Crippen LogP) is 3.54. The highest BCUT2D eigenvalue weighted by Crippen LogP contribution is 2.46. The SMILES string of the molecule is CCCN1c2cc(OC)c(/C=C3\NC(=S)NC3=O)cc2C(C)CC1(C)C. The van der Waals surface area contributed by atoms with Gasteiger partial charge in [-0.25, -0.2) is 0 Å². The van der Waals surface area contributed by atoms with Crippen molar-refractivity contribution in [3.63, 3.8) is 0 Å². The highest BCUT2D eigenvalue weighted by Gasteiger charge is 2.36. The molecule has 140 valence electrons. The molecule has 0 aromatic heterocycles. The summed E-state index contributed by atoms with van der Waals surface area (Å²) in [6.07, 6.45) is 3.99. The molecule has 2 aliphatic heterocycles. The zero-order valence-corrected chi connectivity index (χ0v) is 16.9. The molecule has 6 heteroatoms. The van der Waals surface area contributed by atoms with E-state index in [1.165, 1.54) is 11.3 Å². The average molecular weight is 374 g/mol. The molecular weight excluding hydrogens is 346 g/mol. The Hall–Kier alpha value is -2.08. The first-order chi connectivity index (χ1) is 12.3. The number of ether oxygens (including phenoxy) is 1. The molecule has 0 radical (unpaired) electrons. The van der Waals surface area contributed by atoms with Gasteiger partial charge in [0, 0.05) is 29.4 Å². The van der Waals surface area contributed by atoms with Gasteiger partial charge in [0.15, 0.2) is 5.11 Å². The van der Waals surface area contributed by atoms with Gasteiger partial charge < -0.3 is 15.0 Å². The van der Waals surface area contributed by atoms with E-state index in [9.17, 15) is 4.79 Å². The van der Waals surface area contributed by atoms with Crippen molar-refractivity contribution < 1.29 is 9.53 Å². The molecule has 0 bridgehead atoms. The monoisotopic (exact) mass is 373 g/mol. The van der Waals surface area contributed by atoms with E-state index in [0.29, 0.717) is 16.7 Å². The molecule has 1 fully saturated rings. The summed E-state index contributed by atoms with van der Waals surface area (Å²) in [5.41, 5.74) is 3.96. The van der Waals surface area contributed by atoms with Crippen molar-refractivity contribution in [1.82, 2.24) is 10.6 Å². The molecule has 2 N–H and O–H groups in total. The van der Waals surface area contributed by atoms with Crippen molar-refractivity contribution in [3.05, 3.63) is 29.0 Å². The van der Waals surface area contributed by atoms with E-state index in [-0.39, 0.29) is 11.4 Å². The Balaban J connectivity index is 2.11. The Morgan fingerprint density at radius 3 is 2.69 bits per heavy atom. The molecule has 5 nitrogen and oxygen atoms in total. The number of rotatable bonds is 4. The smallest absolute Gasteiger partial charge is 0.273 e. The lowest BCUT2D eigenvalue weighted by atomic mass is 9.79. The standard InChI is InChI=1S/C20H27N3O2S/c1-6-7-23-16-10-17(25-5)13(9-15-18(24)22-19(26)21-15)8-14(16)12(2)11-20(23,3)4/h8-10,12H,6-7,11H2,1-5H3,(H2,21,22,24,26)/b15-9-. The number of nitrogens with one attached hydrogen (secondary N) is 2. The van der Waals surface area contributed by atoms with Crippen molar-refractivity contribution in [2.24, 2.45) is 0 Å². The Morgan fingerprint density at radius 2 is 2.12 bits per heavy atom. The third-order valence-electron chi connectivity index (χ3n) is 5.20. The van der Waals surface area contributed by atoms with Crippen LogP contribution in [-0.2, 0) is 4.79 Å². The van der Waals surface area contributed by atoms with Crippen molar-refractivity contribution in [2.75, 3.05) is 18.6 Å². The molecule has 2 heterocycles. The van der Waals surface area contributed by atoms with Crippen LogP contribution in [0.5, 0.6) is 5.75 Å². The summed E-state index contributed by atoms with van der Waals surface area (Å²) < 4.78 is 5.65. The molecule has 1 saturated heterocycles. The number of methoxy groups -OCH3 is 1. The summed E-state index contributed by atoms with van der Waals surface area (Å²) >= 11 is 5.01. The summed E-state index contributed by atoms with van der Waals surface area (Å²) in [5.74, 6) is 0.980. The lowest BCUT2D eigenvalue weighted by molar-refractivity contribution is -0.115. The van der Waals surface area contributed by atoms with Crippen molar-refractivity contribution in [2.45, 2.75) is 52.0 Å². The quantitative estimate of drug-likeness (QED) is 0.624. The molecule has 2 aliphatic rings. The number of anilines is 1. The van der Waals surface area contributed by atoms with Crippen LogP contribution in [-0.4, -0.2) is 30.2 Å². The third kappa shape index (κ3) is 3.30. The molecule has 0 spiro atoms. The van der Waals surface area contributed by atoms with E-state index in [1.807, 2.05) is 6.08 Å². The maximum Gasteiger partial charge on any atom is 0.273 e. The van der Waals surface area contributed by atoms with Crippen LogP contribution >= 0.6 is 12.2 Å². The number of hydrogen-bond acceptors (Lipinski definition) is 4. The van der Waals surface area contributed by atoms with Gasteiger partial charge in [0.2, 0.25) is 0 Å². The van der Waals surface area contributed by atoms with E-state index < -0.39 is 0 Å². The summed E-state index contributed by atoms with van der Waals surface area (Å²) in [5, 5.41) is 5.83. The fourth-order valence-corrected chi connectivity index (χ4v) is 4.30. The zero-order valence-electron chi connectivity index (χ0n) is 16.1. The number of carbonyl (C=O) groups is 1. The Bertz CT molecular complexity index is 786. The molecule has 1 unspecified atom stereocenters. The highest BCUT2D eigenvalue weighted by molar-refractivity contribution is 7.80. The maximum absolute atomic E-state index is 12.0. The van der Waals surface area contributed by atoms with Crippen LogP contribution in [0.25, 0.3) is 6.08 Å². The second-order valence-corrected chi connectivity index (χ2v) is 8.10. The molecule has 1 atom stereocenters. The molecule has 26 heavy (non-hydrogen) atoms. The fraction of sp³-hybridized carbons (Fsp3) is 0.500. The predicted molar refractivity (Wildman–Crippen MR) is 110 cm³/mol. The number of benzene rings is 1.